The first-order chi connectivity index (χ1) is 6.63. The second-order valence-corrected chi connectivity index (χ2v) is 4.03. The van der Waals surface area contributed by atoms with Crippen LogP contribution in [0.4, 0.5) is 0 Å². The van der Waals surface area contributed by atoms with Crippen LogP contribution in [0, 0.1) is 17.2 Å². The first kappa shape index (κ1) is 11.0. The number of amides is 1. The molecule has 0 heterocycles. The minimum absolute atomic E-state index is 0.000142. The molecule has 1 aliphatic carbocycles. The van der Waals surface area contributed by atoms with Crippen LogP contribution in [-0.2, 0) is 4.79 Å². The summed E-state index contributed by atoms with van der Waals surface area (Å²) in [6.07, 6.45) is 2.79. The monoisotopic (exact) mass is 195 g/mol. The van der Waals surface area contributed by atoms with Gasteiger partial charge in [-0.1, -0.05) is 0 Å². The Morgan fingerprint density at radius 3 is 2.71 bits per heavy atom. The number of rotatable bonds is 5. The van der Waals surface area contributed by atoms with E-state index in [0.717, 1.165) is 12.5 Å². The molecule has 0 bridgehead atoms. The molecular weight excluding hydrogens is 178 g/mol. The lowest BCUT2D eigenvalue weighted by Gasteiger charge is -2.14. The summed E-state index contributed by atoms with van der Waals surface area (Å²) in [7, 11) is 3.41. The molecule has 1 amide bonds. The summed E-state index contributed by atoms with van der Waals surface area (Å²) in [4.78, 5) is 12.8. The Morgan fingerprint density at radius 2 is 2.29 bits per heavy atom. The number of nitrogens with one attached hydrogen (secondary N) is 1. The van der Waals surface area contributed by atoms with Crippen molar-refractivity contribution >= 4 is 5.91 Å². The van der Waals surface area contributed by atoms with Crippen LogP contribution in [0.3, 0.4) is 0 Å². The van der Waals surface area contributed by atoms with Crippen LogP contribution < -0.4 is 5.32 Å². The average molecular weight is 195 g/mol. The Morgan fingerprint density at radius 1 is 1.64 bits per heavy atom. The summed E-state index contributed by atoms with van der Waals surface area (Å²) in [6, 6.07) is 1.78. The van der Waals surface area contributed by atoms with Crippen molar-refractivity contribution in [1.29, 1.82) is 5.26 Å². The summed E-state index contributed by atoms with van der Waals surface area (Å²) in [6.45, 7) is 0.874. The van der Waals surface area contributed by atoms with Crippen molar-refractivity contribution in [2.45, 2.75) is 25.3 Å². The molecule has 0 aliphatic heterocycles. The van der Waals surface area contributed by atoms with Crippen molar-refractivity contribution in [2.24, 2.45) is 5.92 Å². The molecule has 1 atom stereocenters. The van der Waals surface area contributed by atoms with Gasteiger partial charge in [-0.25, -0.2) is 0 Å². The summed E-state index contributed by atoms with van der Waals surface area (Å²) in [5, 5.41) is 11.9. The lowest BCUT2D eigenvalue weighted by atomic mass is 10.2. The SMILES string of the molecule is CN(C)C(=O)CC(C#N)NCC1CC1. The quantitative estimate of drug-likeness (QED) is 0.689. The van der Waals surface area contributed by atoms with Crippen LogP contribution in [-0.4, -0.2) is 37.5 Å². The van der Waals surface area contributed by atoms with Crippen LogP contribution >= 0.6 is 0 Å². The van der Waals surface area contributed by atoms with E-state index in [1.165, 1.54) is 17.7 Å². The Bertz CT molecular complexity index is 240. The van der Waals surface area contributed by atoms with Crippen LogP contribution in [0.2, 0.25) is 0 Å². The molecule has 0 aromatic rings. The summed E-state index contributed by atoms with van der Waals surface area (Å²) in [5.41, 5.74) is 0. The van der Waals surface area contributed by atoms with Crippen molar-refractivity contribution < 1.29 is 4.79 Å². The number of carbonyl (C=O) groups is 1. The van der Waals surface area contributed by atoms with Gasteiger partial charge in [-0.15, -0.1) is 0 Å². The van der Waals surface area contributed by atoms with Gasteiger partial charge in [0.1, 0.15) is 6.04 Å². The zero-order chi connectivity index (χ0) is 10.6. The molecule has 4 nitrogen and oxygen atoms in total. The van der Waals surface area contributed by atoms with Crippen molar-refractivity contribution in [1.82, 2.24) is 10.2 Å². The Hall–Kier alpha value is -1.08. The molecule has 1 rings (SSSR count). The van der Waals surface area contributed by atoms with Gasteiger partial charge in [0.25, 0.3) is 0 Å². The Kier molecular flexibility index (Phi) is 3.90. The summed E-state index contributed by atoms with van der Waals surface area (Å²) in [5.74, 6) is 0.736. The maximum Gasteiger partial charge on any atom is 0.224 e. The van der Waals surface area contributed by atoms with Crippen molar-refractivity contribution in [3.05, 3.63) is 0 Å². The Balaban J connectivity index is 2.23. The van der Waals surface area contributed by atoms with Gasteiger partial charge in [0.05, 0.1) is 12.5 Å². The molecule has 1 aliphatic rings. The molecule has 1 fully saturated rings. The Labute approximate surface area is 84.9 Å². The lowest BCUT2D eigenvalue weighted by Crippen LogP contribution is -2.35. The first-order valence-electron chi connectivity index (χ1n) is 4.96. The molecule has 0 spiro atoms. The standard InChI is InChI=1S/C10H17N3O/c1-13(2)10(14)5-9(6-11)12-7-8-3-4-8/h8-9,12H,3-5,7H2,1-2H3. The topological polar surface area (TPSA) is 56.1 Å². The van der Waals surface area contributed by atoms with Gasteiger partial charge in [0, 0.05) is 14.1 Å². The molecule has 1 unspecified atom stereocenters. The van der Waals surface area contributed by atoms with E-state index >= 15 is 0 Å². The number of nitrogens with zero attached hydrogens (tertiary/aromatic N) is 2. The number of nitriles is 1. The third-order valence-electron chi connectivity index (χ3n) is 2.38. The minimum atomic E-state index is -0.328. The van der Waals surface area contributed by atoms with Crippen LogP contribution in [0.5, 0.6) is 0 Å². The van der Waals surface area contributed by atoms with E-state index in [9.17, 15) is 4.79 Å². The third kappa shape index (κ3) is 3.75. The molecule has 0 saturated heterocycles. The second-order valence-electron chi connectivity index (χ2n) is 4.03. The molecule has 1 saturated carbocycles. The van der Waals surface area contributed by atoms with Gasteiger partial charge in [0.2, 0.25) is 5.91 Å². The predicted molar refractivity (Wildman–Crippen MR) is 53.4 cm³/mol. The normalized spacial score (nSPS) is 17.2. The first-order valence-corrected chi connectivity index (χ1v) is 4.96. The van der Waals surface area contributed by atoms with E-state index in [1.54, 1.807) is 14.1 Å². The zero-order valence-corrected chi connectivity index (χ0v) is 8.79. The number of hydrogen-bond donors (Lipinski definition) is 1. The lowest BCUT2D eigenvalue weighted by molar-refractivity contribution is -0.128. The van der Waals surface area contributed by atoms with Crippen molar-refractivity contribution in [2.75, 3.05) is 20.6 Å². The van der Waals surface area contributed by atoms with Crippen molar-refractivity contribution in [3.8, 4) is 6.07 Å². The van der Waals surface area contributed by atoms with Gasteiger partial charge in [0.15, 0.2) is 0 Å². The van der Waals surface area contributed by atoms with Crippen LogP contribution in [0.25, 0.3) is 0 Å². The average Bonchev–Trinajstić information content (AvgIpc) is 2.95. The predicted octanol–water partition coefficient (Wildman–Crippen LogP) is 0.356. The van der Waals surface area contributed by atoms with E-state index in [0.29, 0.717) is 0 Å². The second kappa shape index (κ2) is 4.97. The fourth-order valence-corrected chi connectivity index (χ4v) is 1.15. The summed E-state index contributed by atoms with van der Waals surface area (Å²) >= 11 is 0. The third-order valence-corrected chi connectivity index (χ3v) is 2.38. The van der Waals surface area contributed by atoms with E-state index in [-0.39, 0.29) is 18.4 Å². The maximum absolute atomic E-state index is 11.3. The van der Waals surface area contributed by atoms with Gasteiger partial charge < -0.3 is 10.2 Å². The smallest absolute Gasteiger partial charge is 0.224 e. The highest BCUT2D eigenvalue weighted by Gasteiger charge is 2.23. The fraction of sp³-hybridized carbons (Fsp3) is 0.800. The molecule has 14 heavy (non-hydrogen) atoms. The number of hydrogen-bond acceptors (Lipinski definition) is 3. The van der Waals surface area contributed by atoms with Crippen molar-refractivity contribution in [3.63, 3.8) is 0 Å². The zero-order valence-electron chi connectivity index (χ0n) is 8.79. The van der Waals surface area contributed by atoms with E-state index in [4.69, 9.17) is 5.26 Å². The molecule has 0 radical (unpaired) electrons. The fourth-order valence-electron chi connectivity index (χ4n) is 1.15. The number of carbonyl (C=O) groups excluding carboxylic acids is 1. The highest BCUT2D eigenvalue weighted by Crippen LogP contribution is 2.27. The minimum Gasteiger partial charge on any atom is -0.349 e. The van der Waals surface area contributed by atoms with Gasteiger partial charge in [-0.2, -0.15) is 5.26 Å². The molecule has 4 heteroatoms. The molecule has 1 N–H and O–H groups in total. The largest absolute Gasteiger partial charge is 0.349 e. The van der Waals surface area contributed by atoms with Gasteiger partial charge in [-0.05, 0) is 25.3 Å². The maximum atomic E-state index is 11.3. The van der Waals surface area contributed by atoms with Gasteiger partial charge in [-0.3, -0.25) is 4.79 Å². The van der Waals surface area contributed by atoms with E-state index in [1.807, 2.05) is 0 Å². The van der Waals surface area contributed by atoms with Gasteiger partial charge >= 0.3 is 0 Å². The molecule has 0 aromatic carbocycles. The van der Waals surface area contributed by atoms with Crippen LogP contribution in [0.1, 0.15) is 19.3 Å². The van der Waals surface area contributed by atoms with E-state index < -0.39 is 0 Å². The van der Waals surface area contributed by atoms with Crippen LogP contribution in [0.15, 0.2) is 0 Å². The summed E-state index contributed by atoms with van der Waals surface area (Å²) < 4.78 is 0. The molecular formula is C10H17N3O. The highest BCUT2D eigenvalue weighted by atomic mass is 16.2. The molecule has 78 valence electrons. The highest BCUT2D eigenvalue weighted by molar-refractivity contribution is 5.76. The van der Waals surface area contributed by atoms with E-state index in [2.05, 4.69) is 11.4 Å². The molecule has 0 aromatic heterocycles.